The first kappa shape index (κ1) is 11.0. The van der Waals surface area contributed by atoms with E-state index in [0.717, 1.165) is 6.42 Å². The van der Waals surface area contributed by atoms with Crippen molar-refractivity contribution in [1.29, 1.82) is 0 Å². The second kappa shape index (κ2) is 4.41. The van der Waals surface area contributed by atoms with Gasteiger partial charge in [-0.2, -0.15) is 0 Å². The summed E-state index contributed by atoms with van der Waals surface area (Å²) in [4.78, 5) is 10.9. The van der Waals surface area contributed by atoms with Crippen LogP contribution in [0.3, 0.4) is 0 Å². The molecule has 76 valence electrons. The van der Waals surface area contributed by atoms with E-state index in [4.69, 9.17) is 0 Å². The molecule has 14 heavy (non-hydrogen) atoms. The monoisotopic (exact) mass is 190 g/mol. The van der Waals surface area contributed by atoms with Crippen LogP contribution in [-0.4, -0.2) is 5.78 Å². The van der Waals surface area contributed by atoms with E-state index in [-0.39, 0.29) is 5.78 Å². The highest BCUT2D eigenvalue weighted by molar-refractivity contribution is 5.75. The Balaban J connectivity index is 2.87. The minimum absolute atomic E-state index is 0.266. The number of hydrogen-bond donors (Lipinski definition) is 0. The van der Waals surface area contributed by atoms with Crippen molar-refractivity contribution in [1.82, 2.24) is 0 Å². The standard InChI is InChI=1S/C13H18O/c1-9-7-11(3)13(8-10(9)2)6-5-12(4)14/h7-8H,5-6H2,1-4H3. The number of benzene rings is 1. The van der Waals surface area contributed by atoms with E-state index < -0.39 is 0 Å². The number of ketones is 1. The lowest BCUT2D eigenvalue weighted by Crippen LogP contribution is -1.97. The Labute approximate surface area is 86.1 Å². The van der Waals surface area contributed by atoms with E-state index in [9.17, 15) is 4.79 Å². The van der Waals surface area contributed by atoms with Gasteiger partial charge in [-0.3, -0.25) is 0 Å². The van der Waals surface area contributed by atoms with Crippen molar-refractivity contribution in [3.63, 3.8) is 0 Å². The molecule has 0 saturated carbocycles. The zero-order chi connectivity index (χ0) is 10.7. The molecule has 0 atom stereocenters. The number of carbonyl (C=O) groups is 1. The van der Waals surface area contributed by atoms with Crippen LogP contribution in [0.25, 0.3) is 0 Å². The first-order chi connectivity index (χ1) is 6.50. The Morgan fingerprint density at radius 3 is 2.21 bits per heavy atom. The van der Waals surface area contributed by atoms with Crippen LogP contribution >= 0.6 is 0 Å². The van der Waals surface area contributed by atoms with Gasteiger partial charge in [0.1, 0.15) is 5.78 Å². The van der Waals surface area contributed by atoms with Gasteiger partial charge in [0.15, 0.2) is 0 Å². The summed E-state index contributed by atoms with van der Waals surface area (Å²) in [5.74, 6) is 0.266. The summed E-state index contributed by atoms with van der Waals surface area (Å²) >= 11 is 0. The van der Waals surface area contributed by atoms with Crippen LogP contribution in [0.4, 0.5) is 0 Å². The molecule has 0 bridgehead atoms. The van der Waals surface area contributed by atoms with Gasteiger partial charge in [-0.25, -0.2) is 0 Å². The van der Waals surface area contributed by atoms with Crippen LogP contribution in [0.5, 0.6) is 0 Å². The molecule has 0 amide bonds. The Morgan fingerprint density at radius 1 is 1.07 bits per heavy atom. The third kappa shape index (κ3) is 2.69. The Hall–Kier alpha value is -1.11. The third-order valence-corrected chi connectivity index (χ3v) is 2.70. The number of carbonyl (C=O) groups excluding carboxylic acids is 1. The molecule has 0 saturated heterocycles. The maximum absolute atomic E-state index is 10.9. The summed E-state index contributed by atoms with van der Waals surface area (Å²) in [6.45, 7) is 8.00. The van der Waals surface area contributed by atoms with E-state index in [0.29, 0.717) is 6.42 Å². The van der Waals surface area contributed by atoms with E-state index in [1.54, 1.807) is 6.92 Å². The van der Waals surface area contributed by atoms with Gasteiger partial charge < -0.3 is 4.79 Å². The van der Waals surface area contributed by atoms with E-state index in [2.05, 4.69) is 32.9 Å². The van der Waals surface area contributed by atoms with Crippen LogP contribution < -0.4 is 0 Å². The lowest BCUT2D eigenvalue weighted by Gasteiger charge is -2.08. The van der Waals surface area contributed by atoms with Crippen molar-refractivity contribution in [2.24, 2.45) is 0 Å². The largest absolute Gasteiger partial charge is 0.300 e. The zero-order valence-electron chi connectivity index (χ0n) is 9.48. The molecule has 0 unspecified atom stereocenters. The average molecular weight is 190 g/mol. The third-order valence-electron chi connectivity index (χ3n) is 2.70. The molecular formula is C13H18O. The number of Topliss-reactive ketones (excluding diaryl/α,β-unsaturated/α-hetero) is 1. The second-order valence-electron chi connectivity index (χ2n) is 4.06. The van der Waals surface area contributed by atoms with Gasteiger partial charge in [0.2, 0.25) is 0 Å². The molecule has 0 aliphatic rings. The van der Waals surface area contributed by atoms with Crippen molar-refractivity contribution < 1.29 is 4.79 Å². The van der Waals surface area contributed by atoms with Gasteiger partial charge in [0.25, 0.3) is 0 Å². The summed E-state index contributed by atoms with van der Waals surface area (Å²) in [7, 11) is 0. The normalized spacial score (nSPS) is 10.3. The molecule has 1 aromatic rings. The highest BCUT2D eigenvalue weighted by Gasteiger charge is 2.03. The molecule has 0 spiro atoms. The lowest BCUT2D eigenvalue weighted by molar-refractivity contribution is -0.116. The Morgan fingerprint density at radius 2 is 1.64 bits per heavy atom. The van der Waals surface area contributed by atoms with Crippen molar-refractivity contribution in [3.05, 3.63) is 34.4 Å². The fourth-order valence-electron chi connectivity index (χ4n) is 1.60. The molecule has 0 radical (unpaired) electrons. The van der Waals surface area contributed by atoms with Gasteiger partial charge in [-0.05, 0) is 56.4 Å². The van der Waals surface area contributed by atoms with Gasteiger partial charge in [0, 0.05) is 6.42 Å². The number of hydrogen-bond acceptors (Lipinski definition) is 1. The first-order valence-electron chi connectivity index (χ1n) is 5.07. The zero-order valence-corrected chi connectivity index (χ0v) is 9.48. The van der Waals surface area contributed by atoms with Crippen molar-refractivity contribution >= 4 is 5.78 Å². The number of aryl methyl sites for hydroxylation is 4. The van der Waals surface area contributed by atoms with Crippen LogP contribution in [0.2, 0.25) is 0 Å². The van der Waals surface area contributed by atoms with Crippen molar-refractivity contribution in [2.45, 2.75) is 40.5 Å². The molecule has 1 rings (SSSR count). The smallest absolute Gasteiger partial charge is 0.130 e. The fourth-order valence-corrected chi connectivity index (χ4v) is 1.60. The summed E-state index contributed by atoms with van der Waals surface area (Å²) in [5, 5.41) is 0. The molecule has 0 aliphatic carbocycles. The molecule has 0 aromatic heterocycles. The lowest BCUT2D eigenvalue weighted by atomic mass is 9.97. The summed E-state index contributed by atoms with van der Waals surface area (Å²) in [5.41, 5.74) is 5.25. The predicted molar refractivity (Wildman–Crippen MR) is 59.7 cm³/mol. The maximum Gasteiger partial charge on any atom is 0.130 e. The highest BCUT2D eigenvalue weighted by Crippen LogP contribution is 2.16. The van der Waals surface area contributed by atoms with Crippen LogP contribution in [0, 0.1) is 20.8 Å². The molecule has 0 aliphatic heterocycles. The molecule has 1 aromatic carbocycles. The molecule has 0 N–H and O–H groups in total. The highest BCUT2D eigenvalue weighted by atomic mass is 16.1. The molecule has 0 fully saturated rings. The average Bonchev–Trinajstić information content (AvgIpc) is 2.09. The summed E-state index contributed by atoms with van der Waals surface area (Å²) in [6.07, 6.45) is 1.53. The van der Waals surface area contributed by atoms with E-state index >= 15 is 0 Å². The SMILES string of the molecule is CC(=O)CCc1cc(C)c(C)cc1C. The second-order valence-corrected chi connectivity index (χ2v) is 4.06. The molecule has 0 heterocycles. The maximum atomic E-state index is 10.9. The fraction of sp³-hybridized carbons (Fsp3) is 0.462. The minimum atomic E-state index is 0.266. The van der Waals surface area contributed by atoms with Gasteiger partial charge in [0.05, 0.1) is 0 Å². The van der Waals surface area contributed by atoms with E-state index in [1.807, 2.05) is 0 Å². The van der Waals surface area contributed by atoms with Gasteiger partial charge in [-0.15, -0.1) is 0 Å². The quantitative estimate of drug-likeness (QED) is 0.715. The van der Waals surface area contributed by atoms with Gasteiger partial charge in [-0.1, -0.05) is 12.1 Å². The minimum Gasteiger partial charge on any atom is -0.300 e. The van der Waals surface area contributed by atoms with Crippen molar-refractivity contribution in [3.8, 4) is 0 Å². The first-order valence-corrected chi connectivity index (χ1v) is 5.07. The Bertz CT molecular complexity index is 350. The summed E-state index contributed by atoms with van der Waals surface area (Å²) in [6, 6.07) is 4.40. The van der Waals surface area contributed by atoms with E-state index in [1.165, 1.54) is 22.3 Å². The number of rotatable bonds is 3. The Kier molecular flexibility index (Phi) is 3.45. The van der Waals surface area contributed by atoms with Crippen LogP contribution in [-0.2, 0) is 11.2 Å². The molecule has 1 nitrogen and oxygen atoms in total. The predicted octanol–water partition coefficient (Wildman–Crippen LogP) is 3.13. The van der Waals surface area contributed by atoms with Crippen LogP contribution in [0.1, 0.15) is 35.6 Å². The van der Waals surface area contributed by atoms with Crippen LogP contribution in [0.15, 0.2) is 12.1 Å². The van der Waals surface area contributed by atoms with Crippen molar-refractivity contribution in [2.75, 3.05) is 0 Å². The molecule has 1 heteroatoms. The topological polar surface area (TPSA) is 17.1 Å². The summed E-state index contributed by atoms with van der Waals surface area (Å²) < 4.78 is 0. The van der Waals surface area contributed by atoms with Gasteiger partial charge >= 0.3 is 0 Å². The molecular weight excluding hydrogens is 172 g/mol.